The van der Waals surface area contributed by atoms with E-state index in [1.165, 1.54) is 0 Å². The monoisotopic (exact) mass is 542 g/mol. The number of hydrogen-bond donors (Lipinski definition) is 1. The van der Waals surface area contributed by atoms with Crippen LogP contribution < -0.4 is 4.90 Å². The number of ether oxygens (including phenoxy) is 2. The van der Waals surface area contributed by atoms with E-state index in [0.29, 0.717) is 36.5 Å². The van der Waals surface area contributed by atoms with Crippen molar-refractivity contribution in [3.05, 3.63) is 53.1 Å². The Morgan fingerprint density at radius 1 is 1.11 bits per heavy atom. The van der Waals surface area contributed by atoms with Gasteiger partial charge in [-0.2, -0.15) is 0 Å². The zero-order valence-corrected chi connectivity index (χ0v) is 22.4. The summed E-state index contributed by atoms with van der Waals surface area (Å²) in [5.74, 6) is -2.68. The minimum absolute atomic E-state index is 0.123. The molecule has 1 N–H and O–H groups in total. The summed E-state index contributed by atoms with van der Waals surface area (Å²) < 4.78 is 12.2. The van der Waals surface area contributed by atoms with Gasteiger partial charge in [-0.15, -0.1) is 0 Å². The van der Waals surface area contributed by atoms with Gasteiger partial charge in [0.25, 0.3) is 5.91 Å². The van der Waals surface area contributed by atoms with Gasteiger partial charge in [-0.1, -0.05) is 60.9 Å². The van der Waals surface area contributed by atoms with Crippen molar-refractivity contribution < 1.29 is 29.0 Å². The van der Waals surface area contributed by atoms with Crippen LogP contribution in [-0.2, 0) is 23.9 Å². The molecule has 5 atom stereocenters. The number of carbonyl (C=O) groups is 3. The van der Waals surface area contributed by atoms with Gasteiger partial charge in [0, 0.05) is 19.7 Å². The van der Waals surface area contributed by atoms with Crippen LogP contribution in [0, 0.1) is 18.8 Å². The van der Waals surface area contributed by atoms with Crippen LogP contribution in [0.4, 0.5) is 5.69 Å². The Morgan fingerprint density at radius 2 is 1.92 bits per heavy atom. The minimum atomic E-state index is -1.29. The fourth-order valence-electron chi connectivity index (χ4n) is 6.41. The maximum absolute atomic E-state index is 14.4. The number of hydrogen-bond acceptors (Lipinski definition) is 6. The molecule has 5 rings (SSSR count). The van der Waals surface area contributed by atoms with Gasteiger partial charge in [0.05, 0.1) is 29.3 Å². The molecule has 2 amide bonds. The van der Waals surface area contributed by atoms with E-state index in [1.54, 1.807) is 15.9 Å². The van der Waals surface area contributed by atoms with Gasteiger partial charge in [-0.05, 0) is 44.2 Å². The number of carbonyl (C=O) groups excluding carboxylic acids is 3. The van der Waals surface area contributed by atoms with Gasteiger partial charge < -0.3 is 24.4 Å². The van der Waals surface area contributed by atoms with Crippen molar-refractivity contribution in [2.45, 2.75) is 63.2 Å². The Kier molecular flexibility index (Phi) is 7.93. The van der Waals surface area contributed by atoms with Gasteiger partial charge >= 0.3 is 5.97 Å². The number of aliphatic hydroxyl groups is 1. The number of amides is 2. The lowest BCUT2D eigenvalue weighted by atomic mass is 9.78. The predicted molar refractivity (Wildman–Crippen MR) is 143 cm³/mol. The number of halogens is 1. The number of nitrogens with zero attached hydrogens (tertiary/aromatic N) is 2. The molecule has 204 valence electrons. The molecule has 9 heteroatoms. The highest BCUT2D eigenvalue weighted by Gasteiger charge is 2.71. The molecule has 0 bridgehead atoms. The van der Waals surface area contributed by atoms with Crippen molar-refractivity contribution in [3.63, 3.8) is 0 Å². The van der Waals surface area contributed by atoms with E-state index in [2.05, 4.69) is 0 Å². The molecule has 0 aromatic heterocycles. The quantitative estimate of drug-likeness (QED) is 0.321. The predicted octanol–water partition coefficient (Wildman–Crippen LogP) is 3.58. The van der Waals surface area contributed by atoms with Crippen molar-refractivity contribution in [1.82, 2.24) is 4.90 Å². The first-order valence-electron chi connectivity index (χ1n) is 13.6. The van der Waals surface area contributed by atoms with E-state index < -0.39 is 35.6 Å². The third kappa shape index (κ3) is 4.56. The van der Waals surface area contributed by atoms with Crippen LogP contribution >= 0.6 is 11.6 Å². The van der Waals surface area contributed by atoms with E-state index in [1.807, 2.05) is 43.4 Å². The number of aryl methyl sites for hydroxylation is 1. The molecule has 0 aliphatic carbocycles. The summed E-state index contributed by atoms with van der Waals surface area (Å²) in [4.78, 5) is 45.1. The standard InChI is InChI=1S/C29H35ClN2O6/c1-19-11-9-12-20(30)24(19)31-16-10-14-29-23(22-21(38-29)13-5-4-8-18-37-28(22)36)26(34)32(25(29)27(31)35)15-6-2-3-7-17-33/h5,9-14,21-23,25,33H,2-4,6-8,15-18H2,1H3/b13-5-/t21-,22+,23+,25?,29+/m1/s1. The molecule has 2 fully saturated rings. The van der Waals surface area contributed by atoms with Gasteiger partial charge in [0.2, 0.25) is 5.91 Å². The second kappa shape index (κ2) is 11.2. The largest absolute Gasteiger partial charge is 0.465 e. The van der Waals surface area contributed by atoms with Crippen molar-refractivity contribution in [2.75, 3.05) is 31.2 Å². The van der Waals surface area contributed by atoms with Crippen molar-refractivity contribution in [3.8, 4) is 0 Å². The summed E-state index contributed by atoms with van der Waals surface area (Å²) in [5, 5.41) is 9.58. The lowest BCUT2D eigenvalue weighted by molar-refractivity contribution is -0.154. The molecule has 38 heavy (non-hydrogen) atoms. The molecule has 1 aromatic carbocycles. The first-order chi connectivity index (χ1) is 18.4. The SMILES string of the molecule is Cc1cccc(Cl)c1N1CC=C[C@]23O[C@@H]4/C=C\CCCOC(=O)[C@@H]4[C@H]2C(=O)N(CCCCCCO)C3C1=O. The van der Waals surface area contributed by atoms with E-state index in [9.17, 15) is 14.4 Å². The summed E-state index contributed by atoms with van der Waals surface area (Å²) in [5.41, 5.74) is 0.170. The van der Waals surface area contributed by atoms with Crippen LogP contribution in [0.15, 0.2) is 42.5 Å². The van der Waals surface area contributed by atoms with Crippen LogP contribution in [0.3, 0.4) is 0 Å². The van der Waals surface area contributed by atoms with Crippen LogP contribution in [0.25, 0.3) is 0 Å². The summed E-state index contributed by atoms with van der Waals surface area (Å²) in [6.45, 7) is 2.93. The smallest absolute Gasteiger partial charge is 0.312 e. The number of cyclic esters (lactones) is 1. The number of benzene rings is 1. The van der Waals surface area contributed by atoms with Gasteiger partial charge in [0.1, 0.15) is 17.6 Å². The molecule has 4 heterocycles. The third-order valence-electron chi connectivity index (χ3n) is 8.12. The van der Waals surface area contributed by atoms with E-state index >= 15 is 0 Å². The Balaban J connectivity index is 1.56. The first-order valence-corrected chi connectivity index (χ1v) is 13.9. The van der Waals surface area contributed by atoms with Gasteiger partial charge in [-0.25, -0.2) is 0 Å². The molecule has 0 radical (unpaired) electrons. The summed E-state index contributed by atoms with van der Waals surface area (Å²) >= 11 is 6.58. The van der Waals surface area contributed by atoms with E-state index in [0.717, 1.165) is 24.8 Å². The fraction of sp³-hybridized carbons (Fsp3) is 0.552. The molecule has 4 aliphatic rings. The molecule has 1 aromatic rings. The zero-order valence-electron chi connectivity index (χ0n) is 21.7. The van der Waals surface area contributed by atoms with Crippen LogP contribution in [0.5, 0.6) is 0 Å². The molecular formula is C29H35ClN2O6. The summed E-state index contributed by atoms with van der Waals surface area (Å²) in [6.07, 6.45) is 11.3. The number of allylic oxidation sites excluding steroid dienone is 1. The normalized spacial score (nSPS) is 31.6. The number of likely N-dealkylation sites (tertiary alicyclic amines) is 1. The van der Waals surface area contributed by atoms with Gasteiger partial charge in [-0.3, -0.25) is 14.4 Å². The van der Waals surface area contributed by atoms with Crippen LogP contribution in [-0.4, -0.2) is 71.8 Å². The number of fused-ring (bicyclic) bond motifs is 2. The Bertz CT molecular complexity index is 1130. The third-order valence-corrected chi connectivity index (χ3v) is 8.42. The Labute approximate surface area is 228 Å². The molecule has 8 nitrogen and oxygen atoms in total. The van der Waals surface area contributed by atoms with Gasteiger partial charge in [0.15, 0.2) is 0 Å². The Morgan fingerprint density at radius 3 is 2.71 bits per heavy atom. The second-order valence-corrected chi connectivity index (χ2v) is 10.9. The molecule has 4 aliphatic heterocycles. The molecule has 1 unspecified atom stereocenters. The van der Waals surface area contributed by atoms with Crippen molar-refractivity contribution >= 4 is 35.1 Å². The highest BCUT2D eigenvalue weighted by Crippen LogP contribution is 2.53. The molecule has 2 saturated heterocycles. The highest BCUT2D eigenvalue weighted by atomic mass is 35.5. The molecular weight excluding hydrogens is 508 g/mol. The lowest BCUT2D eigenvalue weighted by Gasteiger charge is -2.36. The highest BCUT2D eigenvalue weighted by molar-refractivity contribution is 6.34. The number of para-hydroxylation sites is 1. The van der Waals surface area contributed by atoms with E-state index in [-0.39, 0.29) is 31.6 Å². The number of esters is 1. The van der Waals surface area contributed by atoms with Crippen LogP contribution in [0.1, 0.15) is 44.1 Å². The second-order valence-electron chi connectivity index (χ2n) is 10.5. The van der Waals surface area contributed by atoms with Crippen LogP contribution in [0.2, 0.25) is 5.02 Å². The molecule has 1 spiro atoms. The Hall–Kier alpha value is -2.68. The summed E-state index contributed by atoms with van der Waals surface area (Å²) in [6, 6.07) is 4.55. The summed E-state index contributed by atoms with van der Waals surface area (Å²) in [7, 11) is 0. The molecule has 0 saturated carbocycles. The van der Waals surface area contributed by atoms with Crippen molar-refractivity contribution in [1.29, 1.82) is 0 Å². The fourth-order valence-corrected chi connectivity index (χ4v) is 6.73. The zero-order chi connectivity index (χ0) is 26.9. The lowest BCUT2D eigenvalue weighted by Crippen LogP contribution is -2.55. The topological polar surface area (TPSA) is 96.4 Å². The number of unbranched alkanes of at least 4 members (excludes halogenated alkanes) is 3. The average Bonchev–Trinajstić information content (AvgIpc) is 3.30. The number of rotatable bonds is 7. The maximum atomic E-state index is 14.4. The average molecular weight is 543 g/mol. The number of aliphatic hydroxyl groups excluding tert-OH is 1. The number of anilines is 1. The minimum Gasteiger partial charge on any atom is -0.465 e. The first kappa shape index (κ1) is 26.9. The maximum Gasteiger partial charge on any atom is 0.312 e. The van der Waals surface area contributed by atoms with E-state index in [4.69, 9.17) is 26.2 Å². The van der Waals surface area contributed by atoms with Crippen molar-refractivity contribution in [2.24, 2.45) is 11.8 Å².